The molecular formula is C26H22ClN5O4S. The molecule has 1 fully saturated rings. The number of nitro groups is 1. The van der Waals surface area contributed by atoms with Gasteiger partial charge in [0.2, 0.25) is 5.89 Å². The number of nitro benzene ring substituents is 1. The van der Waals surface area contributed by atoms with E-state index in [1.807, 2.05) is 24.0 Å². The van der Waals surface area contributed by atoms with Gasteiger partial charge in [-0.05, 0) is 80.0 Å². The molecule has 1 aliphatic rings. The summed E-state index contributed by atoms with van der Waals surface area (Å²) < 4.78 is 5.85. The third kappa shape index (κ3) is 5.25. The fraction of sp³-hybridized carbons (Fsp3) is 0.192. The van der Waals surface area contributed by atoms with Crippen molar-refractivity contribution >= 4 is 63.0 Å². The van der Waals surface area contributed by atoms with Gasteiger partial charge in [0.25, 0.3) is 11.6 Å². The molecule has 9 nitrogen and oxygen atoms in total. The van der Waals surface area contributed by atoms with E-state index < -0.39 is 10.8 Å². The van der Waals surface area contributed by atoms with Crippen LogP contribution < -0.4 is 15.5 Å². The highest BCUT2D eigenvalue weighted by Crippen LogP contribution is 2.32. The van der Waals surface area contributed by atoms with Crippen molar-refractivity contribution in [1.82, 2.24) is 10.3 Å². The van der Waals surface area contributed by atoms with Gasteiger partial charge in [-0.1, -0.05) is 17.7 Å². The second-order valence-corrected chi connectivity index (χ2v) is 9.54. The molecule has 0 unspecified atom stereocenters. The largest absolute Gasteiger partial charge is 0.436 e. The van der Waals surface area contributed by atoms with Crippen LogP contribution in [0.15, 0.2) is 59.0 Å². The number of aromatic nitrogens is 1. The quantitative estimate of drug-likeness (QED) is 0.179. The molecule has 2 heterocycles. The van der Waals surface area contributed by atoms with Crippen LogP contribution >= 0.6 is 23.8 Å². The minimum Gasteiger partial charge on any atom is -0.436 e. The number of benzene rings is 3. The maximum atomic E-state index is 12.8. The van der Waals surface area contributed by atoms with Crippen LogP contribution in [0.2, 0.25) is 5.02 Å². The van der Waals surface area contributed by atoms with Gasteiger partial charge in [-0.15, -0.1) is 0 Å². The Kier molecular flexibility index (Phi) is 6.77. The number of oxazole rings is 1. The minimum absolute atomic E-state index is 0.0460. The lowest BCUT2D eigenvalue weighted by atomic mass is 10.1. The Balaban J connectivity index is 1.29. The van der Waals surface area contributed by atoms with E-state index in [-0.39, 0.29) is 16.4 Å². The summed E-state index contributed by atoms with van der Waals surface area (Å²) in [6, 6.07) is 15.3. The molecule has 0 aliphatic carbocycles. The molecule has 5 rings (SSSR count). The number of fused-ring (bicyclic) bond motifs is 1. The molecule has 1 amide bonds. The standard InChI is InChI=1S/C26H22ClN5O4S/c1-15-4-5-17(12-19(15)27)25-29-20-14-18(7-9-23(20)36-25)28-26(37)30-24(33)16-6-8-21(22(13-16)32(34)35)31-10-2-3-11-31/h4-9,12-14H,2-3,10-11H2,1H3,(H2,28,30,33,37). The van der Waals surface area contributed by atoms with E-state index >= 15 is 0 Å². The van der Waals surface area contributed by atoms with Crippen LogP contribution in [0.5, 0.6) is 0 Å². The Morgan fingerprint density at radius 1 is 1.14 bits per heavy atom. The predicted molar refractivity (Wildman–Crippen MR) is 147 cm³/mol. The van der Waals surface area contributed by atoms with Crippen LogP contribution in [-0.2, 0) is 0 Å². The first-order chi connectivity index (χ1) is 17.8. The van der Waals surface area contributed by atoms with Gasteiger partial charge >= 0.3 is 0 Å². The van der Waals surface area contributed by atoms with Crippen molar-refractivity contribution in [3.8, 4) is 11.5 Å². The first-order valence-electron chi connectivity index (χ1n) is 11.6. The summed E-state index contributed by atoms with van der Waals surface area (Å²) in [5.74, 6) is -0.112. The van der Waals surface area contributed by atoms with Crippen molar-refractivity contribution in [2.24, 2.45) is 0 Å². The Labute approximate surface area is 222 Å². The Morgan fingerprint density at radius 3 is 2.65 bits per heavy atom. The van der Waals surface area contributed by atoms with Crippen molar-refractivity contribution in [1.29, 1.82) is 0 Å². The third-order valence-corrected chi connectivity index (χ3v) is 6.78. The van der Waals surface area contributed by atoms with Gasteiger partial charge in [0.1, 0.15) is 11.2 Å². The summed E-state index contributed by atoms with van der Waals surface area (Å²) in [7, 11) is 0. The molecule has 3 aromatic carbocycles. The van der Waals surface area contributed by atoms with E-state index in [2.05, 4.69) is 15.6 Å². The second-order valence-electron chi connectivity index (χ2n) is 8.73. The number of halogens is 1. The fourth-order valence-corrected chi connectivity index (χ4v) is 4.62. The number of anilines is 2. The number of carbonyl (C=O) groups excluding carboxylic acids is 1. The number of hydrogen-bond donors (Lipinski definition) is 2. The second kappa shape index (κ2) is 10.2. The summed E-state index contributed by atoms with van der Waals surface area (Å²) in [6.45, 7) is 3.44. The molecule has 2 N–H and O–H groups in total. The number of amides is 1. The van der Waals surface area contributed by atoms with Gasteiger partial charge < -0.3 is 14.6 Å². The zero-order chi connectivity index (χ0) is 26.1. The molecule has 0 spiro atoms. The Morgan fingerprint density at radius 2 is 1.92 bits per heavy atom. The van der Waals surface area contributed by atoms with Crippen LogP contribution in [0.25, 0.3) is 22.6 Å². The Hall–Kier alpha value is -4.02. The van der Waals surface area contributed by atoms with Crippen molar-refractivity contribution in [3.63, 3.8) is 0 Å². The van der Waals surface area contributed by atoms with Crippen LogP contribution in [0.1, 0.15) is 28.8 Å². The molecule has 188 valence electrons. The van der Waals surface area contributed by atoms with Gasteiger partial charge in [-0.3, -0.25) is 20.2 Å². The van der Waals surface area contributed by atoms with Crippen molar-refractivity contribution in [3.05, 3.63) is 80.9 Å². The molecule has 4 aromatic rings. The molecule has 1 aliphatic heterocycles. The summed E-state index contributed by atoms with van der Waals surface area (Å²) in [6.07, 6.45) is 1.97. The highest BCUT2D eigenvalue weighted by molar-refractivity contribution is 7.80. The average molecular weight is 536 g/mol. The van der Waals surface area contributed by atoms with Gasteiger partial charge in [0, 0.05) is 41.0 Å². The zero-order valence-corrected chi connectivity index (χ0v) is 21.4. The van der Waals surface area contributed by atoms with E-state index in [4.69, 9.17) is 28.2 Å². The summed E-state index contributed by atoms with van der Waals surface area (Å²) >= 11 is 11.5. The zero-order valence-electron chi connectivity index (χ0n) is 19.8. The molecule has 0 atom stereocenters. The predicted octanol–water partition coefficient (Wildman–Crippen LogP) is 6.09. The molecule has 1 aromatic heterocycles. The van der Waals surface area contributed by atoms with E-state index in [9.17, 15) is 14.9 Å². The summed E-state index contributed by atoms with van der Waals surface area (Å²) in [5.41, 5.74) is 4.05. The molecule has 0 bridgehead atoms. The first-order valence-corrected chi connectivity index (χ1v) is 12.4. The number of nitrogens with zero attached hydrogens (tertiary/aromatic N) is 3. The maximum absolute atomic E-state index is 12.8. The van der Waals surface area contributed by atoms with E-state index in [1.54, 1.807) is 36.4 Å². The van der Waals surface area contributed by atoms with Crippen LogP contribution in [0.4, 0.5) is 17.1 Å². The van der Waals surface area contributed by atoms with Gasteiger partial charge in [0.15, 0.2) is 10.7 Å². The smallest absolute Gasteiger partial charge is 0.293 e. The van der Waals surface area contributed by atoms with Crippen molar-refractivity contribution in [2.45, 2.75) is 19.8 Å². The lowest BCUT2D eigenvalue weighted by Gasteiger charge is -2.18. The molecule has 1 saturated heterocycles. The first kappa shape index (κ1) is 24.7. The van der Waals surface area contributed by atoms with Gasteiger partial charge in [-0.25, -0.2) is 4.98 Å². The van der Waals surface area contributed by atoms with E-state index in [0.717, 1.165) is 37.1 Å². The SMILES string of the molecule is Cc1ccc(-c2nc3cc(NC(=S)NC(=O)c4ccc(N5CCCC5)c([N+](=O)[O-])c4)ccc3o2)cc1Cl. The molecule has 0 saturated carbocycles. The normalized spacial score (nSPS) is 13.1. The van der Waals surface area contributed by atoms with Crippen molar-refractivity contribution in [2.75, 3.05) is 23.3 Å². The third-order valence-electron chi connectivity index (χ3n) is 6.17. The molecule has 0 radical (unpaired) electrons. The Bertz CT molecular complexity index is 1550. The van der Waals surface area contributed by atoms with Gasteiger partial charge in [0.05, 0.1) is 4.92 Å². The fourth-order valence-electron chi connectivity index (χ4n) is 4.23. The monoisotopic (exact) mass is 535 g/mol. The number of hydrogen-bond acceptors (Lipinski definition) is 7. The van der Waals surface area contributed by atoms with E-state index in [1.165, 1.54) is 6.07 Å². The summed E-state index contributed by atoms with van der Waals surface area (Å²) in [4.78, 5) is 30.4. The van der Waals surface area contributed by atoms with Crippen LogP contribution in [0.3, 0.4) is 0 Å². The highest BCUT2D eigenvalue weighted by Gasteiger charge is 2.24. The molecular weight excluding hydrogens is 514 g/mol. The summed E-state index contributed by atoms with van der Waals surface area (Å²) in [5, 5.41) is 17.8. The molecule has 37 heavy (non-hydrogen) atoms. The van der Waals surface area contributed by atoms with E-state index in [0.29, 0.717) is 33.4 Å². The number of rotatable bonds is 5. The average Bonchev–Trinajstić information content (AvgIpc) is 3.55. The van der Waals surface area contributed by atoms with Crippen LogP contribution in [0, 0.1) is 17.0 Å². The highest BCUT2D eigenvalue weighted by atomic mass is 35.5. The topological polar surface area (TPSA) is 114 Å². The maximum Gasteiger partial charge on any atom is 0.293 e. The number of thiocarbonyl (C=S) groups is 1. The number of carbonyl (C=O) groups is 1. The van der Waals surface area contributed by atoms with Crippen molar-refractivity contribution < 1.29 is 14.1 Å². The van der Waals surface area contributed by atoms with Crippen LogP contribution in [-0.4, -0.2) is 34.0 Å². The lowest BCUT2D eigenvalue weighted by Crippen LogP contribution is -2.34. The number of nitrogens with one attached hydrogen (secondary N) is 2. The molecule has 11 heteroatoms. The lowest BCUT2D eigenvalue weighted by molar-refractivity contribution is -0.384. The minimum atomic E-state index is -0.547. The number of aryl methyl sites for hydroxylation is 1. The van der Waals surface area contributed by atoms with Gasteiger partial charge in [-0.2, -0.15) is 0 Å².